The van der Waals surface area contributed by atoms with E-state index in [1.54, 1.807) is 44.4 Å². The summed E-state index contributed by atoms with van der Waals surface area (Å²) < 4.78 is 16.0. The Labute approximate surface area is 137 Å². The number of rotatable bonds is 7. The van der Waals surface area contributed by atoms with Gasteiger partial charge in [-0.15, -0.1) is 0 Å². The highest BCUT2D eigenvalue weighted by Crippen LogP contribution is 2.29. The highest BCUT2D eigenvalue weighted by atomic mass is 16.5. The first-order chi connectivity index (χ1) is 11.1. The maximum Gasteiger partial charge on any atom is 0.321 e. The Bertz CT molecular complexity index is 515. The predicted molar refractivity (Wildman–Crippen MR) is 89.4 cm³/mol. The number of nitrogens with zero attached hydrogens (tertiary/aromatic N) is 1. The van der Waals surface area contributed by atoms with Crippen LogP contribution in [-0.2, 0) is 4.74 Å². The van der Waals surface area contributed by atoms with Crippen LogP contribution >= 0.6 is 0 Å². The Morgan fingerprint density at radius 3 is 2.78 bits per heavy atom. The highest BCUT2D eigenvalue weighted by molar-refractivity contribution is 5.89. The average Bonchev–Trinajstić information content (AvgIpc) is 3.07. The van der Waals surface area contributed by atoms with Crippen molar-refractivity contribution in [3.8, 4) is 11.5 Å². The first kappa shape index (κ1) is 17.4. The smallest absolute Gasteiger partial charge is 0.321 e. The van der Waals surface area contributed by atoms with Crippen molar-refractivity contribution in [3.05, 3.63) is 18.2 Å². The van der Waals surface area contributed by atoms with E-state index in [1.165, 1.54) is 0 Å². The van der Waals surface area contributed by atoms with Gasteiger partial charge in [0.05, 0.1) is 20.3 Å². The van der Waals surface area contributed by atoms with Gasteiger partial charge in [0.25, 0.3) is 0 Å². The number of benzene rings is 1. The van der Waals surface area contributed by atoms with Crippen LogP contribution in [0, 0.1) is 0 Å². The Balaban J connectivity index is 1.80. The van der Waals surface area contributed by atoms with Crippen molar-refractivity contribution in [2.24, 2.45) is 0 Å². The lowest BCUT2D eigenvalue weighted by Gasteiger charge is -2.19. The minimum atomic E-state index is -0.135. The van der Waals surface area contributed by atoms with Gasteiger partial charge in [0.15, 0.2) is 11.5 Å². The first-order valence-corrected chi connectivity index (χ1v) is 7.99. The van der Waals surface area contributed by atoms with Crippen LogP contribution < -0.4 is 14.8 Å². The summed E-state index contributed by atoms with van der Waals surface area (Å²) in [7, 11) is 4.95. The summed E-state index contributed by atoms with van der Waals surface area (Å²) in [6, 6.07) is 5.17. The topological polar surface area (TPSA) is 60.0 Å². The molecule has 1 aliphatic heterocycles. The van der Waals surface area contributed by atoms with Crippen LogP contribution in [-0.4, -0.2) is 51.5 Å². The SMILES string of the molecule is COc1ccc(NC(=O)N(C)CCC[C@@H]2CCCO2)cc1OC. The van der Waals surface area contributed by atoms with Crippen LogP contribution in [0.15, 0.2) is 18.2 Å². The van der Waals surface area contributed by atoms with Gasteiger partial charge in [-0.05, 0) is 37.8 Å². The van der Waals surface area contributed by atoms with E-state index in [2.05, 4.69) is 5.32 Å². The molecule has 1 heterocycles. The van der Waals surface area contributed by atoms with Crippen LogP contribution in [0.2, 0.25) is 0 Å². The maximum absolute atomic E-state index is 12.2. The van der Waals surface area contributed by atoms with Crippen LogP contribution in [0.25, 0.3) is 0 Å². The number of carbonyl (C=O) groups excluding carboxylic acids is 1. The number of carbonyl (C=O) groups is 1. The van der Waals surface area contributed by atoms with Gasteiger partial charge in [-0.1, -0.05) is 0 Å². The van der Waals surface area contributed by atoms with E-state index in [4.69, 9.17) is 14.2 Å². The molecule has 0 saturated carbocycles. The summed E-state index contributed by atoms with van der Waals surface area (Å²) in [6.07, 6.45) is 4.62. The molecule has 128 valence electrons. The summed E-state index contributed by atoms with van der Waals surface area (Å²) in [6.45, 7) is 1.58. The van der Waals surface area contributed by atoms with E-state index in [9.17, 15) is 4.79 Å². The predicted octanol–water partition coefficient (Wildman–Crippen LogP) is 3.13. The average molecular weight is 322 g/mol. The summed E-state index contributed by atoms with van der Waals surface area (Å²) in [5.41, 5.74) is 0.679. The molecule has 0 unspecified atom stereocenters. The fraction of sp³-hybridized carbons (Fsp3) is 0.588. The molecule has 1 aromatic carbocycles. The van der Waals surface area contributed by atoms with Crippen LogP contribution in [0.4, 0.5) is 10.5 Å². The van der Waals surface area contributed by atoms with Crippen molar-refractivity contribution in [1.29, 1.82) is 0 Å². The number of urea groups is 1. The minimum Gasteiger partial charge on any atom is -0.493 e. The lowest BCUT2D eigenvalue weighted by molar-refractivity contribution is 0.101. The molecule has 1 N–H and O–H groups in total. The second kappa shape index (κ2) is 8.62. The molecule has 0 aromatic heterocycles. The van der Waals surface area contributed by atoms with Crippen molar-refractivity contribution in [1.82, 2.24) is 4.90 Å². The molecule has 6 nitrogen and oxygen atoms in total. The van der Waals surface area contributed by atoms with Crippen molar-refractivity contribution in [2.75, 3.05) is 39.7 Å². The number of hydrogen-bond acceptors (Lipinski definition) is 4. The summed E-state index contributed by atoms with van der Waals surface area (Å²) >= 11 is 0. The molecule has 2 amide bonds. The number of anilines is 1. The van der Waals surface area contributed by atoms with E-state index in [0.29, 0.717) is 29.8 Å². The van der Waals surface area contributed by atoms with Crippen molar-refractivity contribution in [2.45, 2.75) is 31.8 Å². The lowest BCUT2D eigenvalue weighted by Crippen LogP contribution is -2.32. The van der Waals surface area contributed by atoms with E-state index >= 15 is 0 Å². The third-order valence-corrected chi connectivity index (χ3v) is 4.03. The van der Waals surface area contributed by atoms with E-state index in [0.717, 1.165) is 32.3 Å². The van der Waals surface area contributed by atoms with Gasteiger partial charge >= 0.3 is 6.03 Å². The van der Waals surface area contributed by atoms with Crippen molar-refractivity contribution < 1.29 is 19.0 Å². The van der Waals surface area contributed by atoms with E-state index in [-0.39, 0.29) is 6.03 Å². The van der Waals surface area contributed by atoms with Crippen LogP contribution in [0.1, 0.15) is 25.7 Å². The van der Waals surface area contributed by atoms with Crippen molar-refractivity contribution in [3.63, 3.8) is 0 Å². The zero-order valence-corrected chi connectivity index (χ0v) is 14.1. The van der Waals surface area contributed by atoms with E-state index < -0.39 is 0 Å². The van der Waals surface area contributed by atoms with Crippen molar-refractivity contribution >= 4 is 11.7 Å². The van der Waals surface area contributed by atoms with E-state index in [1.807, 2.05) is 0 Å². The number of ether oxygens (including phenoxy) is 3. The lowest BCUT2D eigenvalue weighted by atomic mass is 10.1. The highest BCUT2D eigenvalue weighted by Gasteiger charge is 2.16. The quantitative estimate of drug-likeness (QED) is 0.838. The first-order valence-electron chi connectivity index (χ1n) is 7.99. The van der Waals surface area contributed by atoms with Gasteiger partial charge in [0.1, 0.15) is 0 Å². The Hall–Kier alpha value is -1.95. The standard InChI is InChI=1S/C17H26N2O4/c1-19(10-4-6-14-7-5-11-23-14)17(20)18-13-8-9-15(21-2)16(12-13)22-3/h8-9,12,14H,4-7,10-11H2,1-3H3,(H,18,20)/t14-/m1/s1. The molecule has 1 saturated heterocycles. The molecule has 1 atom stereocenters. The Kier molecular flexibility index (Phi) is 6.52. The second-order valence-corrected chi connectivity index (χ2v) is 5.70. The Morgan fingerprint density at radius 2 is 2.13 bits per heavy atom. The monoisotopic (exact) mass is 322 g/mol. The van der Waals surface area contributed by atoms with Gasteiger partial charge < -0.3 is 24.4 Å². The molecule has 6 heteroatoms. The maximum atomic E-state index is 12.2. The molecule has 1 aliphatic rings. The zero-order chi connectivity index (χ0) is 16.7. The van der Waals surface area contributed by atoms with Crippen LogP contribution in [0.3, 0.4) is 0 Å². The van der Waals surface area contributed by atoms with Gasteiger partial charge in [0, 0.05) is 32.0 Å². The molecule has 0 aliphatic carbocycles. The molecular weight excluding hydrogens is 296 g/mol. The third kappa shape index (κ3) is 5.03. The number of hydrogen-bond donors (Lipinski definition) is 1. The third-order valence-electron chi connectivity index (χ3n) is 4.03. The summed E-state index contributed by atoms with van der Waals surface area (Å²) in [4.78, 5) is 13.9. The van der Waals surface area contributed by atoms with Crippen LogP contribution in [0.5, 0.6) is 11.5 Å². The fourth-order valence-electron chi connectivity index (χ4n) is 2.66. The van der Waals surface area contributed by atoms with Gasteiger partial charge in [-0.2, -0.15) is 0 Å². The molecule has 0 spiro atoms. The van der Waals surface area contributed by atoms with Gasteiger partial charge in [-0.25, -0.2) is 4.79 Å². The Morgan fingerprint density at radius 1 is 1.35 bits per heavy atom. The molecule has 23 heavy (non-hydrogen) atoms. The largest absolute Gasteiger partial charge is 0.493 e. The normalized spacial score (nSPS) is 16.9. The minimum absolute atomic E-state index is 0.135. The molecule has 0 bridgehead atoms. The molecule has 0 radical (unpaired) electrons. The van der Waals surface area contributed by atoms with Gasteiger partial charge in [0.2, 0.25) is 0 Å². The fourth-order valence-corrected chi connectivity index (χ4v) is 2.66. The molecule has 2 rings (SSSR count). The zero-order valence-electron chi connectivity index (χ0n) is 14.1. The summed E-state index contributed by atoms with van der Waals surface area (Å²) in [5, 5.41) is 2.87. The van der Waals surface area contributed by atoms with Gasteiger partial charge in [-0.3, -0.25) is 0 Å². The number of amides is 2. The second-order valence-electron chi connectivity index (χ2n) is 5.70. The molecular formula is C17H26N2O4. The number of nitrogens with one attached hydrogen (secondary N) is 1. The molecule has 1 fully saturated rings. The summed E-state index contributed by atoms with van der Waals surface area (Å²) in [5.74, 6) is 1.22. The molecule has 1 aromatic rings. The number of methoxy groups -OCH3 is 2.